The molecule has 6 heteroatoms. The van der Waals surface area contributed by atoms with Crippen LogP contribution in [0.1, 0.15) is 39.0 Å². The predicted molar refractivity (Wildman–Crippen MR) is 65.2 cm³/mol. The number of carboxylic acid groups (broad SMARTS) is 1. The van der Waals surface area contributed by atoms with Gasteiger partial charge >= 0.3 is 5.97 Å². The van der Waals surface area contributed by atoms with Crippen molar-refractivity contribution >= 4 is 16.0 Å². The third kappa shape index (κ3) is 6.02. The van der Waals surface area contributed by atoms with Crippen LogP contribution in [0.15, 0.2) is 0 Å². The Hall–Kier alpha value is -0.620. The van der Waals surface area contributed by atoms with Gasteiger partial charge in [-0.15, -0.1) is 0 Å². The zero-order valence-electron chi connectivity index (χ0n) is 10.2. The minimum Gasteiger partial charge on any atom is -0.481 e. The highest BCUT2D eigenvalue weighted by atomic mass is 32.2. The van der Waals surface area contributed by atoms with Crippen molar-refractivity contribution in [2.45, 2.75) is 39.0 Å². The van der Waals surface area contributed by atoms with E-state index in [0.29, 0.717) is 18.4 Å². The van der Waals surface area contributed by atoms with E-state index in [1.807, 2.05) is 0 Å². The monoisotopic (exact) mass is 263 g/mol. The van der Waals surface area contributed by atoms with Crippen molar-refractivity contribution in [2.24, 2.45) is 11.8 Å². The van der Waals surface area contributed by atoms with Crippen molar-refractivity contribution in [1.29, 1.82) is 0 Å². The van der Waals surface area contributed by atoms with Crippen LogP contribution in [0.2, 0.25) is 0 Å². The van der Waals surface area contributed by atoms with Crippen LogP contribution < -0.4 is 4.72 Å². The number of carbonyl (C=O) groups is 1. The van der Waals surface area contributed by atoms with E-state index in [2.05, 4.69) is 11.6 Å². The Balaban J connectivity index is 2.22. The maximum Gasteiger partial charge on any atom is 0.303 e. The fourth-order valence-corrected chi connectivity index (χ4v) is 3.40. The second kappa shape index (κ2) is 6.35. The first kappa shape index (κ1) is 14.4. The molecule has 1 rings (SSSR count). The Bertz CT molecular complexity index is 352. The summed E-state index contributed by atoms with van der Waals surface area (Å²) in [6, 6.07) is 0. The van der Waals surface area contributed by atoms with Crippen molar-refractivity contribution in [3.05, 3.63) is 0 Å². The third-order valence-corrected chi connectivity index (χ3v) is 4.63. The van der Waals surface area contributed by atoms with Gasteiger partial charge in [-0.05, 0) is 31.1 Å². The number of hydrogen-bond donors (Lipinski definition) is 2. The largest absolute Gasteiger partial charge is 0.481 e. The molecule has 1 fully saturated rings. The normalized spacial score (nSPS) is 25.0. The van der Waals surface area contributed by atoms with Gasteiger partial charge in [0.2, 0.25) is 10.0 Å². The standard InChI is InChI=1S/C11H21NO4S/c1-9-4-5-10(7-9)8-12-17(15,16)6-2-3-11(13)14/h9-10,12H,2-8H2,1H3,(H,13,14). The Morgan fingerprint density at radius 3 is 2.65 bits per heavy atom. The third-order valence-electron chi connectivity index (χ3n) is 3.20. The molecular weight excluding hydrogens is 242 g/mol. The van der Waals surface area contributed by atoms with Gasteiger partial charge in [0.05, 0.1) is 5.75 Å². The maximum atomic E-state index is 11.5. The van der Waals surface area contributed by atoms with Crippen LogP contribution in [0, 0.1) is 11.8 Å². The van der Waals surface area contributed by atoms with E-state index < -0.39 is 16.0 Å². The quantitative estimate of drug-likeness (QED) is 0.723. The number of nitrogens with one attached hydrogen (secondary N) is 1. The summed E-state index contributed by atoms with van der Waals surface area (Å²) in [5, 5.41) is 8.43. The summed E-state index contributed by atoms with van der Waals surface area (Å²) in [6.07, 6.45) is 3.41. The molecule has 0 aromatic carbocycles. The highest BCUT2D eigenvalue weighted by Gasteiger charge is 2.22. The Kier molecular flexibility index (Phi) is 5.39. The molecule has 0 aromatic rings. The van der Waals surface area contributed by atoms with E-state index in [-0.39, 0.29) is 18.6 Å². The van der Waals surface area contributed by atoms with E-state index >= 15 is 0 Å². The predicted octanol–water partition coefficient (Wildman–Crippen LogP) is 1.21. The van der Waals surface area contributed by atoms with Crippen LogP contribution in [0.3, 0.4) is 0 Å². The molecule has 0 amide bonds. The number of rotatable bonds is 7. The summed E-state index contributed by atoms with van der Waals surface area (Å²) in [5.74, 6) is 0.0854. The Morgan fingerprint density at radius 2 is 2.12 bits per heavy atom. The first-order valence-electron chi connectivity index (χ1n) is 6.08. The van der Waals surface area contributed by atoms with E-state index in [0.717, 1.165) is 12.8 Å². The van der Waals surface area contributed by atoms with Crippen molar-refractivity contribution in [3.63, 3.8) is 0 Å². The summed E-state index contributed by atoms with van der Waals surface area (Å²) in [6.45, 7) is 2.68. The van der Waals surface area contributed by atoms with Gasteiger partial charge < -0.3 is 5.11 Å². The van der Waals surface area contributed by atoms with Crippen LogP contribution in [-0.2, 0) is 14.8 Å². The molecule has 0 aromatic heterocycles. The van der Waals surface area contributed by atoms with Gasteiger partial charge in [0.1, 0.15) is 0 Å². The van der Waals surface area contributed by atoms with Crippen molar-refractivity contribution in [3.8, 4) is 0 Å². The lowest BCUT2D eigenvalue weighted by Gasteiger charge is -2.11. The molecular formula is C11H21NO4S. The maximum absolute atomic E-state index is 11.5. The van der Waals surface area contributed by atoms with Crippen LogP contribution in [0.5, 0.6) is 0 Å². The average molecular weight is 263 g/mol. The first-order valence-corrected chi connectivity index (χ1v) is 7.73. The second-order valence-electron chi connectivity index (χ2n) is 4.95. The lowest BCUT2D eigenvalue weighted by molar-refractivity contribution is -0.137. The molecule has 0 spiro atoms. The molecule has 1 aliphatic rings. The van der Waals surface area contributed by atoms with Gasteiger partial charge in [0.25, 0.3) is 0 Å². The van der Waals surface area contributed by atoms with Gasteiger partial charge in [-0.2, -0.15) is 0 Å². The smallest absolute Gasteiger partial charge is 0.303 e. The highest BCUT2D eigenvalue weighted by Crippen LogP contribution is 2.29. The minimum atomic E-state index is -3.30. The van der Waals surface area contributed by atoms with Crippen LogP contribution in [0.25, 0.3) is 0 Å². The molecule has 100 valence electrons. The van der Waals surface area contributed by atoms with Crippen molar-refractivity contribution < 1.29 is 18.3 Å². The number of sulfonamides is 1. The molecule has 0 saturated heterocycles. The molecule has 0 heterocycles. The van der Waals surface area contributed by atoms with E-state index in [1.54, 1.807) is 0 Å². The second-order valence-corrected chi connectivity index (χ2v) is 6.88. The SMILES string of the molecule is CC1CCC(CNS(=O)(=O)CCCC(=O)O)C1. The summed E-state index contributed by atoms with van der Waals surface area (Å²) in [5.41, 5.74) is 0. The fourth-order valence-electron chi connectivity index (χ4n) is 2.24. The molecule has 0 radical (unpaired) electrons. The average Bonchev–Trinajstić information content (AvgIpc) is 2.61. The van der Waals surface area contributed by atoms with Gasteiger partial charge in [0, 0.05) is 13.0 Å². The van der Waals surface area contributed by atoms with Crippen LogP contribution in [0.4, 0.5) is 0 Å². The molecule has 2 atom stereocenters. The van der Waals surface area contributed by atoms with Crippen LogP contribution in [-0.4, -0.2) is 31.8 Å². The number of aliphatic carboxylic acids is 1. The van der Waals surface area contributed by atoms with Gasteiger partial charge in [-0.25, -0.2) is 13.1 Å². The minimum absolute atomic E-state index is 0.0957. The molecule has 2 N–H and O–H groups in total. The lowest BCUT2D eigenvalue weighted by Crippen LogP contribution is -2.30. The number of carboxylic acids is 1. The Morgan fingerprint density at radius 1 is 1.41 bits per heavy atom. The van der Waals surface area contributed by atoms with Gasteiger partial charge in [-0.3, -0.25) is 4.79 Å². The molecule has 5 nitrogen and oxygen atoms in total. The molecule has 17 heavy (non-hydrogen) atoms. The molecule has 2 unspecified atom stereocenters. The summed E-state index contributed by atoms with van der Waals surface area (Å²) >= 11 is 0. The first-order chi connectivity index (χ1) is 7.89. The number of hydrogen-bond acceptors (Lipinski definition) is 3. The van der Waals surface area contributed by atoms with Crippen molar-refractivity contribution in [2.75, 3.05) is 12.3 Å². The zero-order valence-corrected chi connectivity index (χ0v) is 11.0. The Labute approximate surface area is 103 Å². The zero-order chi connectivity index (χ0) is 12.9. The summed E-state index contributed by atoms with van der Waals surface area (Å²) < 4.78 is 25.7. The molecule has 0 aliphatic heterocycles. The van der Waals surface area contributed by atoms with Gasteiger partial charge in [-0.1, -0.05) is 13.3 Å². The lowest BCUT2D eigenvalue weighted by atomic mass is 10.1. The fraction of sp³-hybridized carbons (Fsp3) is 0.909. The summed E-state index contributed by atoms with van der Waals surface area (Å²) in [4.78, 5) is 10.3. The van der Waals surface area contributed by atoms with E-state index in [1.165, 1.54) is 6.42 Å². The highest BCUT2D eigenvalue weighted by molar-refractivity contribution is 7.89. The van der Waals surface area contributed by atoms with Gasteiger partial charge in [0.15, 0.2) is 0 Å². The molecule has 0 bridgehead atoms. The van der Waals surface area contributed by atoms with E-state index in [4.69, 9.17) is 5.11 Å². The topological polar surface area (TPSA) is 83.5 Å². The molecule has 1 saturated carbocycles. The van der Waals surface area contributed by atoms with E-state index in [9.17, 15) is 13.2 Å². The van der Waals surface area contributed by atoms with Crippen LogP contribution >= 0.6 is 0 Å². The van der Waals surface area contributed by atoms with Crippen molar-refractivity contribution in [1.82, 2.24) is 4.72 Å². The summed E-state index contributed by atoms with van der Waals surface area (Å²) in [7, 11) is -3.30. The molecule has 1 aliphatic carbocycles.